The fourth-order valence-electron chi connectivity index (χ4n) is 5.15. The Morgan fingerprint density at radius 1 is 0.911 bits per heavy atom. The summed E-state index contributed by atoms with van der Waals surface area (Å²) in [5.74, 6) is 6.77. The molecule has 0 aromatic rings. The van der Waals surface area contributed by atoms with Crippen molar-refractivity contribution in [2.24, 2.45) is 17.8 Å². The Bertz CT molecular complexity index is 929. The maximum atomic E-state index is 13.0. The Kier molecular flexibility index (Phi) is 37.6. The molecule has 3 fully saturated rings. The fourth-order valence-corrected chi connectivity index (χ4v) is 6.39. The molecular weight excluding hydrogens is 690 g/mol. The van der Waals surface area contributed by atoms with E-state index in [1.807, 2.05) is 0 Å². The molecule has 0 aromatic carbocycles. The predicted molar refractivity (Wildman–Crippen MR) is 151 cm³/mol. The number of hydrogen-bond donors (Lipinski definition) is 0. The van der Waals surface area contributed by atoms with Crippen LogP contribution in [0.5, 0.6) is 0 Å². The summed E-state index contributed by atoms with van der Waals surface area (Å²) in [5.41, 5.74) is 0. The van der Waals surface area contributed by atoms with Crippen molar-refractivity contribution in [2.45, 2.75) is 129 Å². The van der Waals surface area contributed by atoms with Crippen LogP contribution in [0, 0.1) is 69.5 Å². The Balaban J connectivity index is -0.000000243. The Labute approximate surface area is 291 Å². The van der Waals surface area contributed by atoms with Crippen LogP contribution in [0.4, 0.5) is 0 Å². The third-order valence-electron chi connectivity index (χ3n) is 8.25. The minimum Gasteiger partial charge on any atom is 0 e. The maximum absolute atomic E-state index is 13.0. The van der Waals surface area contributed by atoms with Crippen molar-refractivity contribution in [3.63, 3.8) is 0 Å². The van der Waals surface area contributed by atoms with Gasteiger partial charge in [-0.1, -0.05) is 52.4 Å². The largest absolute Gasteiger partial charge is 0 e. The quantitative estimate of drug-likeness (QED) is 0.110. The molecule has 1 saturated heterocycles. The van der Waals surface area contributed by atoms with Crippen molar-refractivity contribution in [3.8, 4) is 11.8 Å². The van der Waals surface area contributed by atoms with Crippen LogP contribution in [0.3, 0.4) is 0 Å². The number of Topliss-reactive ketones (excluding diaryl/α,β-unsaturated/α-hetero) is 1. The zero-order chi connectivity index (χ0) is 35.0. The van der Waals surface area contributed by atoms with Gasteiger partial charge in [0, 0.05) is 52.3 Å². The van der Waals surface area contributed by atoms with Crippen molar-refractivity contribution in [2.75, 3.05) is 0 Å². The van der Waals surface area contributed by atoms with E-state index in [2.05, 4.69) is 106 Å². The van der Waals surface area contributed by atoms with Crippen LogP contribution in [-0.4, -0.2) is 38.2 Å². The first-order valence-corrected chi connectivity index (χ1v) is 16.6. The van der Waals surface area contributed by atoms with Crippen LogP contribution in [0.15, 0.2) is 0 Å². The van der Waals surface area contributed by atoms with E-state index in [1.165, 1.54) is 12.8 Å². The van der Waals surface area contributed by atoms with E-state index in [1.54, 1.807) is 0 Å². The van der Waals surface area contributed by atoms with Crippen molar-refractivity contribution < 1.29 is 80.2 Å². The number of ether oxygens (including phenoxy) is 2. The van der Waals surface area contributed by atoms with Crippen LogP contribution in [-0.2, 0) is 80.2 Å². The molecule has 0 bridgehead atoms. The van der Waals surface area contributed by atoms with Gasteiger partial charge >= 0.3 is 67.8 Å². The summed E-state index contributed by atoms with van der Waals surface area (Å²) in [6.45, 7) is 44.7. The Morgan fingerprint density at radius 3 is 1.76 bits per heavy atom. The molecule has 2 saturated carbocycles. The molecule has 1 spiro atoms. The molecule has 0 aromatic heterocycles. The molecule has 10 nitrogen and oxygen atoms in total. The van der Waals surface area contributed by atoms with Gasteiger partial charge < -0.3 is 13.9 Å². The average molecular weight is 735 g/mol. The summed E-state index contributed by atoms with van der Waals surface area (Å²) in [6, 6.07) is 0. The van der Waals surface area contributed by atoms with Gasteiger partial charge in [-0.25, -0.2) is 0 Å². The summed E-state index contributed by atoms with van der Waals surface area (Å²) in [6.07, 6.45) is 6.91. The van der Waals surface area contributed by atoms with Crippen LogP contribution in [0.2, 0.25) is 18.1 Å². The molecule has 45 heavy (non-hydrogen) atoms. The third kappa shape index (κ3) is 17.0. The average Bonchev–Trinajstić information content (AvgIpc) is 3.63. The molecule has 13 heteroatoms. The predicted octanol–water partition coefficient (Wildman–Crippen LogP) is 5.87. The normalized spacial score (nSPS) is 23.3. The Hall–Kier alpha value is -1.22. The van der Waals surface area contributed by atoms with Gasteiger partial charge in [0.25, 0.3) is 0 Å². The smallest absolute Gasteiger partial charge is 0 e. The van der Waals surface area contributed by atoms with Crippen molar-refractivity contribution in [1.82, 2.24) is 0 Å². The number of carbonyl (C=O) groups is 1. The molecule has 2 radical (unpaired) electrons. The second-order valence-corrected chi connectivity index (χ2v) is 16.3. The number of hydrogen-bond acceptors (Lipinski definition) is 4. The van der Waals surface area contributed by atoms with Gasteiger partial charge in [0.1, 0.15) is 11.9 Å². The molecule has 1 aliphatic heterocycles. The minimum absolute atomic E-state index is 0. The molecule has 0 unspecified atom stereocenters. The number of ketones is 1. The first-order chi connectivity index (χ1) is 20.4. The third-order valence-corrected chi connectivity index (χ3v) is 12.7. The zero-order valence-electron chi connectivity index (χ0n) is 27.2. The van der Waals surface area contributed by atoms with E-state index in [-0.39, 0.29) is 80.4 Å². The number of fused-ring (bicyclic) bond motifs is 2. The molecule has 0 N–H and O–H groups in total. The van der Waals surface area contributed by atoms with Gasteiger partial charge in [-0.2, -0.15) is 0 Å². The molecule has 3 aliphatic rings. The van der Waals surface area contributed by atoms with Crippen molar-refractivity contribution in [3.05, 3.63) is 39.9 Å². The minimum atomic E-state index is -1.92. The van der Waals surface area contributed by atoms with Gasteiger partial charge in [0.15, 0.2) is 14.1 Å². The molecule has 2 aliphatic carbocycles. The van der Waals surface area contributed by atoms with Gasteiger partial charge in [-0.15, -0.1) is 0 Å². The van der Waals surface area contributed by atoms with E-state index in [0.717, 1.165) is 25.7 Å². The van der Waals surface area contributed by atoms with E-state index in [4.69, 9.17) is 41.8 Å². The zero-order valence-corrected chi connectivity index (χ0v) is 30.2. The molecule has 0 amide bonds. The summed E-state index contributed by atoms with van der Waals surface area (Å²) in [5, 5.41) is 0.147. The molecule has 254 valence electrons. The number of carbonyl (C=O) groups excluding carboxylic acids is 1. The monoisotopic (exact) mass is 734 g/mol. The van der Waals surface area contributed by atoms with E-state index in [0.29, 0.717) is 6.42 Å². The fraction of sp³-hybridized carbons (Fsp3) is 0.719. The Morgan fingerprint density at radius 2 is 1.36 bits per heavy atom. The van der Waals surface area contributed by atoms with Crippen LogP contribution < -0.4 is 0 Å². The van der Waals surface area contributed by atoms with Crippen molar-refractivity contribution in [1.29, 1.82) is 0 Å². The first kappa shape index (κ1) is 56.1. The SMILES string of the molecule is CCCCC[C@@H](C#C[C@H]1C(=O)C[C@H]2[C@@H]1CCC21O[C@H](C)[C@@H](C)O1)O[Si](C)(C)C(C)(C)C.[C-]#[O+].[C-]#[O+].[C-]#[O+].[C-]#[O+].[C-]#[O+].[C-]#[O+].[Co].[Co]. The first-order valence-electron chi connectivity index (χ1n) is 13.7. The van der Waals surface area contributed by atoms with Crippen LogP contribution in [0.1, 0.15) is 86.5 Å². The topological polar surface area (TPSA) is 164 Å². The summed E-state index contributed by atoms with van der Waals surface area (Å²) in [7, 11) is -1.92. The van der Waals surface area contributed by atoms with Crippen molar-refractivity contribution >= 4 is 14.1 Å². The summed E-state index contributed by atoms with van der Waals surface area (Å²) < 4.78 is 64.3. The number of rotatable bonds is 6. The second kappa shape index (κ2) is 30.1. The molecule has 6 atom stereocenters. The second-order valence-electron chi connectivity index (χ2n) is 11.6. The van der Waals surface area contributed by atoms with Crippen LogP contribution in [0.25, 0.3) is 0 Å². The van der Waals surface area contributed by atoms with Gasteiger partial charge in [0.05, 0.1) is 18.1 Å². The van der Waals surface area contributed by atoms with Gasteiger partial charge in [-0.3, -0.25) is 4.79 Å². The van der Waals surface area contributed by atoms with Gasteiger partial charge in [0.2, 0.25) is 0 Å². The molecule has 3 rings (SSSR count). The number of unbranched alkanes of at least 4 members (excludes halogenated alkanes) is 2. The maximum Gasteiger partial charge on any atom is 0 e. The standard InChI is InChI=1S/C26H44O4Si.6CO.2Co/c1-9-10-11-12-20(30-31(7,8)25(4,5)6)13-14-22-21-15-16-26(23(21)17-24(22)27)28-18(2)19(3)29-26;6*1-2;;/h18-23H,9-12,15-17H2,1-8H3;;;;;;;;/t18-,19-,20+,21-,22-,23+;;;;;;;;/m1......../s1. The van der Waals surface area contributed by atoms with E-state index in [9.17, 15) is 4.79 Å². The molecule has 1 heterocycles. The van der Waals surface area contributed by atoms with E-state index < -0.39 is 14.1 Å². The molecular formula is C32H44Co2O10Si. The van der Waals surface area contributed by atoms with E-state index >= 15 is 0 Å². The van der Waals surface area contributed by atoms with Gasteiger partial charge in [-0.05, 0) is 57.2 Å². The summed E-state index contributed by atoms with van der Waals surface area (Å²) in [4.78, 5) is 13.0. The summed E-state index contributed by atoms with van der Waals surface area (Å²) >= 11 is 0. The van der Waals surface area contributed by atoms with Crippen LogP contribution >= 0.6 is 0 Å².